The summed E-state index contributed by atoms with van der Waals surface area (Å²) in [7, 11) is 0. The van der Waals surface area contributed by atoms with Gasteiger partial charge in [-0.1, -0.05) is 0 Å². The molecule has 6 nitrogen and oxygen atoms in total. The fourth-order valence-electron chi connectivity index (χ4n) is 2.97. The Kier molecular flexibility index (Phi) is 3.05. The van der Waals surface area contributed by atoms with Gasteiger partial charge in [-0.15, -0.1) is 0 Å². The van der Waals surface area contributed by atoms with E-state index >= 15 is 0 Å². The first-order valence-corrected chi connectivity index (χ1v) is 7.02. The number of nitrogens with one attached hydrogen (secondary N) is 2. The van der Waals surface area contributed by atoms with Gasteiger partial charge in [0.15, 0.2) is 0 Å². The van der Waals surface area contributed by atoms with E-state index in [0.29, 0.717) is 23.3 Å². The van der Waals surface area contributed by atoms with Gasteiger partial charge in [0.2, 0.25) is 0 Å². The minimum Gasteiger partial charge on any atom is -0.384 e. The zero-order valence-corrected chi connectivity index (χ0v) is 11.8. The van der Waals surface area contributed by atoms with Crippen molar-refractivity contribution in [2.45, 2.75) is 50.5 Å². The van der Waals surface area contributed by atoms with Crippen LogP contribution in [0.15, 0.2) is 12.1 Å². The molecular formula is C14H21N5O. The summed E-state index contributed by atoms with van der Waals surface area (Å²) in [6, 6.07) is 3.90. The van der Waals surface area contributed by atoms with Gasteiger partial charge < -0.3 is 10.8 Å². The Morgan fingerprint density at radius 3 is 2.25 bits per heavy atom. The van der Waals surface area contributed by atoms with Crippen molar-refractivity contribution in [3.8, 4) is 0 Å². The summed E-state index contributed by atoms with van der Waals surface area (Å²) in [5.41, 5.74) is 7.68. The summed E-state index contributed by atoms with van der Waals surface area (Å²) in [5, 5.41) is 24.3. The summed E-state index contributed by atoms with van der Waals surface area (Å²) in [6.45, 7) is 3.50. The Morgan fingerprint density at radius 1 is 1.15 bits per heavy atom. The number of rotatable bonds is 3. The van der Waals surface area contributed by atoms with Crippen LogP contribution in [0.25, 0.3) is 0 Å². The minimum atomic E-state index is -0.898. The lowest BCUT2D eigenvalue weighted by Gasteiger charge is -2.12. The molecule has 2 unspecified atom stereocenters. The summed E-state index contributed by atoms with van der Waals surface area (Å²) in [4.78, 5) is 0. The summed E-state index contributed by atoms with van der Waals surface area (Å²) < 4.78 is 0. The number of nitrogen functional groups attached to an aromatic ring is 1. The molecule has 1 saturated carbocycles. The number of aromatic nitrogens is 4. The average molecular weight is 275 g/mol. The quantitative estimate of drug-likeness (QED) is 0.687. The summed E-state index contributed by atoms with van der Waals surface area (Å²) >= 11 is 0. The molecule has 2 heterocycles. The van der Waals surface area contributed by atoms with Crippen LogP contribution >= 0.6 is 0 Å². The van der Waals surface area contributed by atoms with Crippen LogP contribution in [0.5, 0.6) is 0 Å². The van der Waals surface area contributed by atoms with E-state index in [2.05, 4.69) is 20.4 Å². The highest BCUT2D eigenvalue weighted by Gasteiger charge is 2.30. The molecule has 6 heteroatoms. The van der Waals surface area contributed by atoms with E-state index in [1.54, 1.807) is 13.8 Å². The molecule has 0 aromatic carbocycles. The van der Waals surface area contributed by atoms with E-state index < -0.39 is 5.60 Å². The Balaban J connectivity index is 1.72. The van der Waals surface area contributed by atoms with Crippen molar-refractivity contribution in [2.24, 2.45) is 0 Å². The van der Waals surface area contributed by atoms with E-state index in [4.69, 9.17) is 5.73 Å². The van der Waals surface area contributed by atoms with Gasteiger partial charge >= 0.3 is 0 Å². The molecule has 0 bridgehead atoms. The van der Waals surface area contributed by atoms with Crippen molar-refractivity contribution in [3.05, 3.63) is 29.2 Å². The third-order valence-electron chi connectivity index (χ3n) is 4.15. The Hall–Kier alpha value is -1.82. The normalized spacial score (nSPS) is 23.4. The molecule has 20 heavy (non-hydrogen) atoms. The van der Waals surface area contributed by atoms with Gasteiger partial charge in [0.1, 0.15) is 11.4 Å². The van der Waals surface area contributed by atoms with Crippen molar-refractivity contribution >= 4 is 5.82 Å². The predicted octanol–water partition coefficient (Wildman–Crippen LogP) is 1.99. The highest BCUT2D eigenvalue weighted by atomic mass is 16.3. The average Bonchev–Trinajstić information content (AvgIpc) is 3.06. The number of H-pyrrole nitrogens is 2. The fourth-order valence-corrected chi connectivity index (χ4v) is 2.97. The van der Waals surface area contributed by atoms with E-state index in [0.717, 1.165) is 30.7 Å². The molecule has 0 radical (unpaired) electrons. The number of anilines is 1. The largest absolute Gasteiger partial charge is 0.384 e. The van der Waals surface area contributed by atoms with E-state index in [-0.39, 0.29) is 0 Å². The van der Waals surface area contributed by atoms with E-state index in [1.165, 1.54) is 0 Å². The zero-order valence-electron chi connectivity index (χ0n) is 11.8. The third kappa shape index (κ3) is 2.43. The predicted molar refractivity (Wildman–Crippen MR) is 76.2 cm³/mol. The number of nitrogens with two attached hydrogens (primary N) is 1. The van der Waals surface area contributed by atoms with Crippen molar-refractivity contribution in [1.82, 2.24) is 20.4 Å². The van der Waals surface area contributed by atoms with Crippen LogP contribution in [0.4, 0.5) is 5.82 Å². The number of nitrogens with zero attached hydrogens (tertiary/aromatic N) is 2. The minimum absolute atomic E-state index is 0.452. The lowest BCUT2D eigenvalue weighted by molar-refractivity contribution is 0.0738. The molecule has 1 aliphatic carbocycles. The van der Waals surface area contributed by atoms with Gasteiger partial charge in [0, 0.05) is 29.3 Å². The molecule has 5 N–H and O–H groups in total. The number of hydrogen-bond acceptors (Lipinski definition) is 4. The van der Waals surface area contributed by atoms with Crippen LogP contribution in [-0.2, 0) is 5.60 Å². The van der Waals surface area contributed by atoms with Crippen molar-refractivity contribution in [3.63, 3.8) is 0 Å². The molecular weight excluding hydrogens is 254 g/mol. The van der Waals surface area contributed by atoms with E-state index in [9.17, 15) is 5.11 Å². The van der Waals surface area contributed by atoms with Gasteiger partial charge in [-0.2, -0.15) is 10.2 Å². The van der Waals surface area contributed by atoms with Crippen LogP contribution in [0, 0.1) is 0 Å². The third-order valence-corrected chi connectivity index (χ3v) is 4.15. The van der Waals surface area contributed by atoms with Crippen LogP contribution in [-0.4, -0.2) is 25.5 Å². The van der Waals surface area contributed by atoms with Gasteiger partial charge in [-0.05, 0) is 39.2 Å². The Labute approximate surface area is 117 Å². The molecule has 1 fully saturated rings. The zero-order chi connectivity index (χ0) is 14.3. The SMILES string of the molecule is CC(C)(O)c1cc(C2CCC(c3cc(N)n[nH]3)C2)[nH]n1. The molecule has 0 spiro atoms. The smallest absolute Gasteiger partial charge is 0.145 e. The first-order valence-electron chi connectivity index (χ1n) is 7.02. The van der Waals surface area contributed by atoms with Gasteiger partial charge in [-0.3, -0.25) is 10.2 Å². The first kappa shape index (κ1) is 13.2. The van der Waals surface area contributed by atoms with Crippen molar-refractivity contribution in [1.29, 1.82) is 0 Å². The van der Waals surface area contributed by atoms with Gasteiger partial charge in [0.25, 0.3) is 0 Å². The highest BCUT2D eigenvalue weighted by Crippen LogP contribution is 2.43. The molecule has 0 amide bonds. The molecule has 0 aliphatic heterocycles. The number of aromatic amines is 2. The lowest BCUT2D eigenvalue weighted by atomic mass is 9.98. The van der Waals surface area contributed by atoms with E-state index in [1.807, 2.05) is 12.1 Å². The van der Waals surface area contributed by atoms with Gasteiger partial charge in [-0.25, -0.2) is 0 Å². The number of hydrogen-bond donors (Lipinski definition) is 4. The summed E-state index contributed by atoms with van der Waals surface area (Å²) in [6.07, 6.45) is 3.27. The maximum absolute atomic E-state index is 9.97. The summed E-state index contributed by atoms with van der Waals surface area (Å²) in [5.74, 6) is 1.47. The molecule has 108 valence electrons. The molecule has 1 aliphatic rings. The first-order chi connectivity index (χ1) is 9.43. The second-order valence-corrected chi connectivity index (χ2v) is 6.22. The monoisotopic (exact) mass is 275 g/mol. The van der Waals surface area contributed by atoms with Crippen LogP contribution < -0.4 is 5.73 Å². The lowest BCUT2D eigenvalue weighted by Crippen LogP contribution is -2.15. The van der Waals surface area contributed by atoms with Crippen LogP contribution in [0.2, 0.25) is 0 Å². The Morgan fingerprint density at radius 2 is 1.75 bits per heavy atom. The topological polar surface area (TPSA) is 104 Å². The second-order valence-electron chi connectivity index (χ2n) is 6.22. The van der Waals surface area contributed by atoms with Crippen molar-refractivity contribution < 1.29 is 5.11 Å². The highest BCUT2D eigenvalue weighted by molar-refractivity contribution is 5.31. The fraction of sp³-hybridized carbons (Fsp3) is 0.571. The molecule has 2 aromatic heterocycles. The standard InChI is InChI=1S/C14H21N5O/c1-14(2,20)12-6-10(16-18-12)8-3-4-9(5-8)11-7-13(15)19-17-11/h6-9,20H,3-5H2,1-2H3,(H,16,18)(H3,15,17,19). The van der Waals surface area contributed by atoms with Gasteiger partial charge in [0.05, 0.1) is 5.69 Å². The molecule has 3 rings (SSSR count). The molecule has 2 atom stereocenters. The Bertz CT molecular complexity index is 595. The number of aliphatic hydroxyl groups is 1. The molecule has 2 aromatic rings. The second kappa shape index (κ2) is 4.63. The molecule has 0 saturated heterocycles. The van der Waals surface area contributed by atoms with Crippen LogP contribution in [0.3, 0.4) is 0 Å². The maximum atomic E-state index is 9.97. The van der Waals surface area contributed by atoms with Crippen molar-refractivity contribution in [2.75, 3.05) is 5.73 Å². The van der Waals surface area contributed by atoms with Crippen LogP contribution in [0.1, 0.15) is 62.0 Å². The maximum Gasteiger partial charge on any atom is 0.145 e.